The Hall–Kier alpha value is -6.06. The Kier molecular flexibility index (Phi) is 20.7. The number of benzene rings is 3. The van der Waals surface area contributed by atoms with Crippen molar-refractivity contribution in [2.75, 3.05) is 29.6 Å². The second-order valence-corrected chi connectivity index (χ2v) is 11.2. The Labute approximate surface area is 319 Å². The van der Waals surface area contributed by atoms with Crippen LogP contribution in [-0.2, 0) is 15.8 Å². The van der Waals surface area contributed by atoms with Crippen LogP contribution in [0.2, 0.25) is 0 Å². The first-order valence-corrected chi connectivity index (χ1v) is 17.3. The highest BCUT2D eigenvalue weighted by molar-refractivity contribution is 6.06. The van der Waals surface area contributed by atoms with Gasteiger partial charge in [-0.2, -0.15) is 13.2 Å². The number of nitrogens with one attached hydrogen (secondary N) is 5. The third-order valence-corrected chi connectivity index (χ3v) is 7.30. The summed E-state index contributed by atoms with van der Waals surface area (Å²) < 4.78 is 39.3. The van der Waals surface area contributed by atoms with E-state index in [0.717, 1.165) is 31.4 Å². The zero-order chi connectivity index (χ0) is 41.6. The van der Waals surface area contributed by atoms with E-state index in [1.165, 1.54) is 24.4 Å². The van der Waals surface area contributed by atoms with Crippen LogP contribution in [0.4, 0.5) is 30.2 Å². The van der Waals surface area contributed by atoms with Gasteiger partial charge in [0.05, 0.1) is 17.5 Å². The summed E-state index contributed by atoms with van der Waals surface area (Å²) >= 11 is 0. The molecule has 1 atom stereocenters. The molecule has 3 aromatic carbocycles. The van der Waals surface area contributed by atoms with Crippen LogP contribution in [0.25, 0.3) is 0 Å². The van der Waals surface area contributed by atoms with Crippen molar-refractivity contribution in [3.05, 3.63) is 126 Å². The highest BCUT2D eigenvalue weighted by Gasteiger charge is 2.31. The van der Waals surface area contributed by atoms with Crippen molar-refractivity contribution in [1.29, 1.82) is 0 Å². The lowest BCUT2D eigenvalue weighted by Crippen LogP contribution is -2.43. The first-order chi connectivity index (χ1) is 26.2. The number of rotatable bonds is 16. The van der Waals surface area contributed by atoms with E-state index in [1.807, 2.05) is 13.8 Å². The minimum absolute atomic E-state index is 0.189. The standard InChI is InChI=1S/C37H40F3N7O4.C2H6.CH4O/c1-5-27(44-35(50)31-21-30(17-16-23(31)3)45-34(49)25-11-9-12-26(19-25)37(38,39)40)22-42-24(4)43-28-13-10-14-29(20-28)46-36(51)32(15-7-8-18-41)47-33(48)6-2;2*1-2/h5-6,9-14,16-17,19-22,32,43H,2,4,7-8,15,18,41H2,1,3H3,(H,44,50)(H,45,49)(H,46,51)(H,47,48);1-2H3;2H,1H3/b27-5+,42-22-;;. The quantitative estimate of drug-likeness (QED) is 0.0468. The number of amides is 4. The maximum absolute atomic E-state index is 13.2. The summed E-state index contributed by atoms with van der Waals surface area (Å²) in [6, 6.07) is 14.6. The van der Waals surface area contributed by atoms with Gasteiger partial charge in [0.25, 0.3) is 11.8 Å². The summed E-state index contributed by atoms with van der Waals surface area (Å²) in [4.78, 5) is 54.9. The Morgan fingerprint density at radius 2 is 1.53 bits per heavy atom. The van der Waals surface area contributed by atoms with Gasteiger partial charge in [0.15, 0.2) is 0 Å². The average molecular weight is 766 g/mol. The van der Waals surface area contributed by atoms with Crippen LogP contribution in [-0.4, -0.2) is 54.6 Å². The Bertz CT molecular complexity index is 1840. The third-order valence-electron chi connectivity index (χ3n) is 7.30. The highest BCUT2D eigenvalue weighted by atomic mass is 19.4. The molecule has 0 heterocycles. The van der Waals surface area contributed by atoms with E-state index in [4.69, 9.17) is 10.8 Å². The van der Waals surface area contributed by atoms with Crippen molar-refractivity contribution in [3.8, 4) is 0 Å². The van der Waals surface area contributed by atoms with Crippen LogP contribution in [0.3, 0.4) is 0 Å². The maximum atomic E-state index is 13.2. The van der Waals surface area contributed by atoms with Crippen molar-refractivity contribution in [3.63, 3.8) is 0 Å². The zero-order valence-electron chi connectivity index (χ0n) is 31.6. The fourth-order valence-electron chi connectivity index (χ4n) is 4.60. The van der Waals surface area contributed by atoms with Gasteiger partial charge < -0.3 is 37.4 Å². The largest absolute Gasteiger partial charge is 0.416 e. The molecule has 0 saturated carbocycles. The monoisotopic (exact) mass is 765 g/mol. The molecule has 15 heteroatoms. The second-order valence-electron chi connectivity index (χ2n) is 11.2. The first-order valence-electron chi connectivity index (χ1n) is 17.3. The van der Waals surface area contributed by atoms with E-state index in [9.17, 15) is 32.3 Å². The molecule has 0 saturated heterocycles. The van der Waals surface area contributed by atoms with Crippen LogP contribution >= 0.6 is 0 Å². The van der Waals surface area contributed by atoms with Crippen molar-refractivity contribution in [1.82, 2.24) is 10.6 Å². The molecule has 0 bridgehead atoms. The Morgan fingerprint density at radius 1 is 0.891 bits per heavy atom. The number of hydrogen-bond acceptors (Lipinski definition) is 8. The smallest absolute Gasteiger partial charge is 0.400 e. The first kappa shape index (κ1) is 47.0. The summed E-state index contributed by atoms with van der Waals surface area (Å²) in [7, 11) is 1.00. The van der Waals surface area contributed by atoms with Gasteiger partial charge in [-0.05, 0) is 99.8 Å². The predicted molar refractivity (Wildman–Crippen MR) is 213 cm³/mol. The summed E-state index contributed by atoms with van der Waals surface area (Å²) in [5.41, 5.74) is 6.76. The minimum Gasteiger partial charge on any atom is -0.400 e. The van der Waals surface area contributed by atoms with Gasteiger partial charge in [-0.15, -0.1) is 0 Å². The molecule has 0 radical (unpaired) electrons. The number of aliphatic hydroxyl groups is 1. The van der Waals surface area contributed by atoms with Gasteiger partial charge in [0.1, 0.15) is 11.9 Å². The van der Waals surface area contributed by atoms with Crippen molar-refractivity contribution in [2.24, 2.45) is 10.7 Å². The molecule has 1 unspecified atom stereocenters. The third kappa shape index (κ3) is 16.2. The van der Waals surface area contributed by atoms with Gasteiger partial charge in [0.2, 0.25) is 11.8 Å². The number of nitrogens with zero attached hydrogens (tertiary/aromatic N) is 1. The van der Waals surface area contributed by atoms with Crippen LogP contribution in [0.5, 0.6) is 0 Å². The average Bonchev–Trinajstić information content (AvgIpc) is 3.18. The van der Waals surface area contributed by atoms with Crippen LogP contribution < -0.4 is 32.3 Å². The molecule has 0 aliphatic carbocycles. The Balaban J connectivity index is 0.00000365. The number of alkyl halides is 3. The molecule has 55 heavy (non-hydrogen) atoms. The fraction of sp³-hybridized carbons (Fsp3) is 0.275. The molecule has 3 rings (SSSR count). The summed E-state index contributed by atoms with van der Waals surface area (Å²) in [6.45, 7) is 15.2. The number of aryl methyl sites for hydroxylation is 1. The number of halogens is 3. The van der Waals surface area contributed by atoms with E-state index >= 15 is 0 Å². The van der Waals surface area contributed by atoms with Gasteiger partial charge in [-0.25, -0.2) is 4.99 Å². The lowest BCUT2D eigenvalue weighted by molar-refractivity contribution is -0.137. The van der Waals surface area contributed by atoms with E-state index in [1.54, 1.807) is 50.3 Å². The predicted octanol–water partition coefficient (Wildman–Crippen LogP) is 6.93. The molecule has 0 aliphatic heterocycles. The number of aliphatic imine (C=N–C) groups is 1. The lowest BCUT2D eigenvalue weighted by Gasteiger charge is -2.18. The summed E-state index contributed by atoms with van der Waals surface area (Å²) in [6.07, 6.45) is 1.23. The number of anilines is 3. The molecule has 8 N–H and O–H groups in total. The number of allylic oxidation sites excluding steroid dienone is 2. The molecule has 0 aliphatic rings. The fourth-order valence-corrected chi connectivity index (χ4v) is 4.60. The summed E-state index contributed by atoms with van der Waals surface area (Å²) in [5, 5.41) is 20.7. The van der Waals surface area contributed by atoms with Gasteiger partial charge in [-0.3, -0.25) is 19.2 Å². The number of unbranched alkanes of at least 4 members (excludes halogenated alkanes) is 1. The van der Waals surface area contributed by atoms with Crippen molar-refractivity contribution >= 4 is 46.9 Å². The van der Waals surface area contributed by atoms with Gasteiger partial charge in [-0.1, -0.05) is 51.3 Å². The zero-order valence-corrected chi connectivity index (χ0v) is 31.6. The summed E-state index contributed by atoms with van der Waals surface area (Å²) in [5.74, 6) is -1.94. The number of carbonyl (C=O) groups excluding carboxylic acids is 4. The van der Waals surface area contributed by atoms with Crippen molar-refractivity contribution in [2.45, 2.75) is 59.2 Å². The number of carbonyl (C=O) groups is 4. The Morgan fingerprint density at radius 3 is 2.15 bits per heavy atom. The van der Waals surface area contributed by atoms with Crippen LogP contribution in [0.1, 0.15) is 71.9 Å². The van der Waals surface area contributed by atoms with E-state index in [-0.39, 0.29) is 22.6 Å². The lowest BCUT2D eigenvalue weighted by atomic mass is 10.1. The molecule has 3 aromatic rings. The topological polar surface area (TPSA) is 187 Å². The number of aliphatic hydroxyl groups excluding tert-OH is 1. The molecule has 12 nitrogen and oxygen atoms in total. The molecule has 0 aromatic heterocycles. The van der Waals surface area contributed by atoms with E-state index < -0.39 is 41.4 Å². The normalized spacial score (nSPS) is 11.4. The van der Waals surface area contributed by atoms with Crippen LogP contribution in [0, 0.1) is 6.92 Å². The van der Waals surface area contributed by atoms with Gasteiger partial charge in [0, 0.05) is 35.3 Å². The molecule has 296 valence electrons. The van der Waals surface area contributed by atoms with E-state index in [0.29, 0.717) is 48.4 Å². The number of nitrogens with two attached hydrogens (primary N) is 1. The molecule has 0 spiro atoms. The van der Waals surface area contributed by atoms with Crippen LogP contribution in [0.15, 0.2) is 109 Å². The molecule has 4 amide bonds. The molecule has 0 fully saturated rings. The van der Waals surface area contributed by atoms with Crippen molar-refractivity contribution < 1.29 is 37.5 Å². The molecular weight excluding hydrogens is 715 g/mol. The SMILES string of the molecule is C=CC(=O)NC(CCCCN)C(=O)Nc1cccc(NC(=C)/N=C\C(=C/C)NC(=O)c2cc(NC(=O)c3cccc(C(F)(F)F)c3)ccc2C)c1.CC.CO. The minimum atomic E-state index is -4.60. The second kappa shape index (κ2) is 24.3. The number of hydrogen-bond donors (Lipinski definition) is 7. The molecular formula is C40H50F3N7O5. The van der Waals surface area contributed by atoms with E-state index in [2.05, 4.69) is 44.7 Å². The van der Waals surface area contributed by atoms with Gasteiger partial charge >= 0.3 is 6.18 Å². The maximum Gasteiger partial charge on any atom is 0.416 e. The highest BCUT2D eigenvalue weighted by Crippen LogP contribution is 2.30.